The second-order valence-electron chi connectivity index (χ2n) is 5.08. The standard InChI is InChI=1S/C15H16N2O4/c18-14-11(5-3-7-16-14)17-8-10-9-4-1-2-6-12(9)21-13(10)15(19)20/h1-2,4,6,11,17H,3,5,7-8H2,(H,16,18)(H,19,20). The van der Waals surface area contributed by atoms with Crippen LogP contribution in [0.1, 0.15) is 29.0 Å². The van der Waals surface area contributed by atoms with Gasteiger partial charge < -0.3 is 20.2 Å². The molecule has 3 N–H and O–H groups in total. The van der Waals surface area contributed by atoms with E-state index in [1.807, 2.05) is 12.1 Å². The molecule has 3 rings (SSSR count). The number of piperidine rings is 1. The zero-order valence-corrected chi connectivity index (χ0v) is 11.4. The van der Waals surface area contributed by atoms with Crippen LogP contribution >= 0.6 is 0 Å². The summed E-state index contributed by atoms with van der Waals surface area (Å²) in [4.78, 5) is 23.0. The molecule has 1 aromatic heterocycles. The third-order valence-electron chi connectivity index (χ3n) is 3.70. The molecule has 1 unspecified atom stereocenters. The Hall–Kier alpha value is -2.34. The summed E-state index contributed by atoms with van der Waals surface area (Å²) in [6.45, 7) is 0.989. The van der Waals surface area contributed by atoms with Crippen LogP contribution in [0, 0.1) is 0 Å². The molecule has 0 bridgehead atoms. The van der Waals surface area contributed by atoms with Crippen molar-refractivity contribution in [1.82, 2.24) is 10.6 Å². The Balaban J connectivity index is 1.86. The molecule has 1 aliphatic heterocycles. The molecule has 0 saturated carbocycles. The van der Waals surface area contributed by atoms with Crippen LogP contribution in [0.25, 0.3) is 11.0 Å². The normalized spacial score (nSPS) is 18.7. The molecule has 6 heteroatoms. The van der Waals surface area contributed by atoms with Gasteiger partial charge in [-0.2, -0.15) is 0 Å². The monoisotopic (exact) mass is 288 g/mol. The van der Waals surface area contributed by atoms with Crippen LogP contribution in [-0.4, -0.2) is 29.6 Å². The molecule has 1 aliphatic rings. The molecule has 1 saturated heterocycles. The molecule has 21 heavy (non-hydrogen) atoms. The molecular weight excluding hydrogens is 272 g/mol. The van der Waals surface area contributed by atoms with Crippen molar-refractivity contribution in [3.05, 3.63) is 35.6 Å². The van der Waals surface area contributed by atoms with E-state index in [9.17, 15) is 14.7 Å². The number of furan rings is 1. The van der Waals surface area contributed by atoms with Gasteiger partial charge in [-0.15, -0.1) is 0 Å². The highest BCUT2D eigenvalue weighted by molar-refractivity contribution is 5.95. The van der Waals surface area contributed by atoms with Gasteiger partial charge in [-0.1, -0.05) is 18.2 Å². The molecule has 0 aliphatic carbocycles. The summed E-state index contributed by atoms with van der Waals surface area (Å²) in [5.74, 6) is -1.21. The number of carbonyl (C=O) groups is 2. The van der Waals surface area contributed by atoms with E-state index in [1.165, 1.54) is 0 Å². The van der Waals surface area contributed by atoms with E-state index in [2.05, 4.69) is 10.6 Å². The summed E-state index contributed by atoms with van der Waals surface area (Å²) in [7, 11) is 0. The summed E-state index contributed by atoms with van der Waals surface area (Å²) < 4.78 is 5.39. The second-order valence-corrected chi connectivity index (χ2v) is 5.08. The van der Waals surface area contributed by atoms with Gasteiger partial charge in [0.1, 0.15) is 5.58 Å². The van der Waals surface area contributed by atoms with Crippen molar-refractivity contribution in [2.45, 2.75) is 25.4 Å². The van der Waals surface area contributed by atoms with Crippen LogP contribution < -0.4 is 10.6 Å². The van der Waals surface area contributed by atoms with Gasteiger partial charge >= 0.3 is 5.97 Å². The Morgan fingerprint density at radius 1 is 1.43 bits per heavy atom. The third kappa shape index (κ3) is 2.62. The molecular formula is C15H16N2O4. The molecule has 110 valence electrons. The number of carboxylic acids is 1. The van der Waals surface area contributed by atoms with Gasteiger partial charge in [-0.25, -0.2) is 4.79 Å². The van der Waals surface area contributed by atoms with Crippen LogP contribution in [0.15, 0.2) is 28.7 Å². The maximum absolute atomic E-state index is 11.7. The summed E-state index contributed by atoms with van der Waals surface area (Å²) in [5, 5.41) is 15.9. The van der Waals surface area contributed by atoms with Crippen LogP contribution in [0.4, 0.5) is 0 Å². The molecule has 2 heterocycles. The Bertz CT molecular complexity index is 692. The van der Waals surface area contributed by atoms with Crippen molar-refractivity contribution >= 4 is 22.8 Å². The largest absolute Gasteiger partial charge is 0.475 e. The molecule has 1 amide bonds. The Labute approximate surface area is 121 Å². The lowest BCUT2D eigenvalue weighted by Crippen LogP contribution is -2.48. The number of carboxylic acid groups (broad SMARTS) is 1. The topological polar surface area (TPSA) is 91.6 Å². The highest BCUT2D eigenvalue weighted by Crippen LogP contribution is 2.26. The van der Waals surface area contributed by atoms with E-state index in [0.29, 0.717) is 17.7 Å². The fourth-order valence-electron chi connectivity index (χ4n) is 2.64. The lowest BCUT2D eigenvalue weighted by Gasteiger charge is -2.22. The first-order chi connectivity index (χ1) is 10.2. The Morgan fingerprint density at radius 2 is 2.24 bits per heavy atom. The predicted octanol–water partition coefficient (Wildman–Crippen LogP) is 1.50. The number of aromatic carboxylic acids is 1. The Kier molecular flexibility index (Phi) is 3.62. The number of carbonyl (C=O) groups excluding carboxylic acids is 1. The maximum Gasteiger partial charge on any atom is 0.372 e. The van der Waals surface area contributed by atoms with Gasteiger partial charge in [-0.05, 0) is 18.9 Å². The number of amides is 1. The minimum atomic E-state index is -1.10. The van der Waals surface area contributed by atoms with Crippen LogP contribution in [0.3, 0.4) is 0 Å². The SMILES string of the molecule is O=C(O)c1oc2ccccc2c1CNC1CCCNC1=O. The van der Waals surface area contributed by atoms with E-state index in [0.717, 1.165) is 18.2 Å². The third-order valence-corrected chi connectivity index (χ3v) is 3.70. The molecule has 6 nitrogen and oxygen atoms in total. The van der Waals surface area contributed by atoms with Crippen LogP contribution in [0.5, 0.6) is 0 Å². The smallest absolute Gasteiger partial charge is 0.372 e. The lowest BCUT2D eigenvalue weighted by atomic mass is 10.1. The maximum atomic E-state index is 11.7. The number of nitrogens with one attached hydrogen (secondary N) is 2. The number of hydrogen-bond acceptors (Lipinski definition) is 4. The highest BCUT2D eigenvalue weighted by atomic mass is 16.4. The van der Waals surface area contributed by atoms with E-state index in [4.69, 9.17) is 4.42 Å². The first-order valence-electron chi connectivity index (χ1n) is 6.91. The minimum Gasteiger partial charge on any atom is -0.475 e. The van der Waals surface area contributed by atoms with Crippen molar-refractivity contribution in [2.24, 2.45) is 0 Å². The van der Waals surface area contributed by atoms with Gasteiger partial charge in [0.05, 0.1) is 6.04 Å². The summed E-state index contributed by atoms with van der Waals surface area (Å²) in [5.41, 5.74) is 1.12. The first kappa shape index (κ1) is 13.6. The van der Waals surface area contributed by atoms with Crippen molar-refractivity contribution in [1.29, 1.82) is 0 Å². The summed E-state index contributed by atoms with van der Waals surface area (Å²) in [6, 6.07) is 6.90. The molecule has 1 atom stereocenters. The van der Waals surface area contributed by atoms with E-state index >= 15 is 0 Å². The number of para-hydroxylation sites is 1. The number of rotatable bonds is 4. The predicted molar refractivity (Wildman–Crippen MR) is 76.0 cm³/mol. The van der Waals surface area contributed by atoms with Gasteiger partial charge in [-0.3, -0.25) is 4.79 Å². The van der Waals surface area contributed by atoms with Gasteiger partial charge in [0, 0.05) is 24.0 Å². The summed E-state index contributed by atoms with van der Waals surface area (Å²) in [6.07, 6.45) is 1.67. The van der Waals surface area contributed by atoms with Gasteiger partial charge in [0.2, 0.25) is 11.7 Å². The average Bonchev–Trinajstić information content (AvgIpc) is 2.85. The molecule has 2 aromatic rings. The molecule has 1 aromatic carbocycles. The lowest BCUT2D eigenvalue weighted by molar-refractivity contribution is -0.124. The van der Waals surface area contributed by atoms with Crippen molar-refractivity contribution in [2.75, 3.05) is 6.54 Å². The van der Waals surface area contributed by atoms with Gasteiger partial charge in [0.25, 0.3) is 0 Å². The zero-order chi connectivity index (χ0) is 14.8. The molecule has 0 radical (unpaired) electrons. The molecule has 1 fully saturated rings. The van der Waals surface area contributed by atoms with E-state index in [-0.39, 0.29) is 24.3 Å². The minimum absolute atomic E-state index is 0.0362. The highest BCUT2D eigenvalue weighted by Gasteiger charge is 2.24. The zero-order valence-electron chi connectivity index (χ0n) is 11.4. The van der Waals surface area contributed by atoms with Crippen LogP contribution in [0.2, 0.25) is 0 Å². The average molecular weight is 288 g/mol. The number of fused-ring (bicyclic) bond motifs is 1. The summed E-state index contributed by atoms with van der Waals surface area (Å²) >= 11 is 0. The van der Waals surface area contributed by atoms with Crippen molar-refractivity contribution < 1.29 is 19.1 Å². The quantitative estimate of drug-likeness (QED) is 0.793. The number of hydrogen-bond donors (Lipinski definition) is 3. The van der Waals surface area contributed by atoms with Gasteiger partial charge in [0.15, 0.2) is 0 Å². The van der Waals surface area contributed by atoms with E-state index < -0.39 is 5.97 Å². The second kappa shape index (κ2) is 5.57. The first-order valence-corrected chi connectivity index (χ1v) is 6.91. The fourth-order valence-corrected chi connectivity index (χ4v) is 2.64. The Morgan fingerprint density at radius 3 is 3.00 bits per heavy atom. The fraction of sp³-hybridized carbons (Fsp3) is 0.333. The molecule has 0 spiro atoms. The van der Waals surface area contributed by atoms with E-state index in [1.54, 1.807) is 12.1 Å². The van der Waals surface area contributed by atoms with Crippen LogP contribution in [-0.2, 0) is 11.3 Å². The van der Waals surface area contributed by atoms with Crippen molar-refractivity contribution in [3.63, 3.8) is 0 Å². The van der Waals surface area contributed by atoms with Crippen molar-refractivity contribution in [3.8, 4) is 0 Å². The number of benzene rings is 1.